The van der Waals surface area contributed by atoms with Gasteiger partial charge in [0.2, 0.25) is 0 Å². The average Bonchev–Trinajstić information content (AvgIpc) is 2.32. The molecule has 0 bridgehead atoms. The third-order valence-electron chi connectivity index (χ3n) is 1.44. The van der Waals surface area contributed by atoms with Gasteiger partial charge in [-0.25, -0.2) is 0 Å². The molecule has 2 aliphatic heterocycles. The van der Waals surface area contributed by atoms with E-state index in [9.17, 15) is 0 Å². The molecule has 0 unspecified atom stereocenters. The Kier molecular flexibility index (Phi) is 12.7. The van der Waals surface area contributed by atoms with Crippen molar-refractivity contribution in [2.75, 3.05) is 32.7 Å². The van der Waals surface area contributed by atoms with Crippen molar-refractivity contribution in [1.29, 1.82) is 0 Å². The van der Waals surface area contributed by atoms with Gasteiger partial charge in [-0.15, -0.1) is 13.1 Å². The van der Waals surface area contributed by atoms with Crippen LogP contribution in [0.1, 0.15) is 0 Å². The van der Waals surface area contributed by atoms with Crippen LogP contribution in [0.5, 0.6) is 0 Å². The molecule has 0 spiro atoms. The fraction of sp³-hybridized carbons (Fsp3) is 0.625. The minimum atomic E-state index is -3.06. The van der Waals surface area contributed by atoms with E-state index >= 15 is 0 Å². The first-order valence-electron chi connectivity index (χ1n) is 4.65. The Hall–Kier alpha value is 0.978. The molecule has 104 valence electrons. The third-order valence-corrected chi connectivity index (χ3v) is 1.44. The molecular formula is C8H14Cl4N4Pt. The maximum absolute atomic E-state index is 5.01. The fourth-order valence-electron chi connectivity index (χ4n) is 0.855. The maximum atomic E-state index is 5.01. The molecular weight excluding hydrogens is 489 g/mol. The molecule has 2 aliphatic rings. The van der Waals surface area contributed by atoms with E-state index in [1.165, 1.54) is 0 Å². The van der Waals surface area contributed by atoms with Gasteiger partial charge in [-0.1, -0.05) is 6.54 Å². The summed E-state index contributed by atoms with van der Waals surface area (Å²) in [6.45, 7) is 4.94. The van der Waals surface area contributed by atoms with E-state index in [0.717, 1.165) is 32.7 Å². The molecule has 1 N–H and O–H groups in total. The van der Waals surface area contributed by atoms with Crippen LogP contribution >= 0.6 is 37.7 Å². The van der Waals surface area contributed by atoms with Crippen molar-refractivity contribution in [1.82, 2.24) is 5.32 Å². The van der Waals surface area contributed by atoms with E-state index in [2.05, 4.69) is 20.9 Å². The Morgan fingerprint density at radius 2 is 1.71 bits per heavy atom. The summed E-state index contributed by atoms with van der Waals surface area (Å²) < 4.78 is 0. The molecule has 1 fully saturated rings. The Morgan fingerprint density at radius 3 is 1.82 bits per heavy atom. The van der Waals surface area contributed by atoms with Crippen molar-refractivity contribution < 1.29 is 11.9 Å². The second-order valence-corrected chi connectivity index (χ2v) is 22.4. The Balaban J connectivity index is 0.000000228. The van der Waals surface area contributed by atoms with Crippen molar-refractivity contribution in [2.24, 2.45) is 4.99 Å². The molecule has 0 aliphatic carbocycles. The molecule has 0 radical (unpaired) electrons. The zero-order valence-corrected chi connectivity index (χ0v) is 14.2. The van der Waals surface area contributed by atoms with Gasteiger partial charge in [0.25, 0.3) is 0 Å². The zero-order valence-electron chi connectivity index (χ0n) is 8.94. The SMILES string of the molecule is C1=C[N-]CC=N1.C1CNCC[N-]1.[Cl][Pt+2]([Cl])([Cl])[Cl]. The molecule has 17 heavy (non-hydrogen) atoms. The summed E-state index contributed by atoms with van der Waals surface area (Å²) >= 11 is -3.06. The number of nitrogens with one attached hydrogen (secondary N) is 1. The van der Waals surface area contributed by atoms with Crippen molar-refractivity contribution in [3.8, 4) is 0 Å². The van der Waals surface area contributed by atoms with Gasteiger partial charge < -0.3 is 16.0 Å². The molecule has 0 saturated carbocycles. The molecule has 9 heteroatoms. The Bertz CT molecular complexity index is 199. The summed E-state index contributed by atoms with van der Waals surface area (Å²) in [5, 5.41) is 11.2. The zero-order chi connectivity index (χ0) is 13.0. The number of halogens is 4. The van der Waals surface area contributed by atoms with Crippen LogP contribution in [-0.4, -0.2) is 38.9 Å². The first-order chi connectivity index (χ1) is 8.00. The summed E-state index contributed by atoms with van der Waals surface area (Å²) in [6.07, 6.45) is 5.13. The van der Waals surface area contributed by atoms with Crippen molar-refractivity contribution >= 4 is 43.9 Å². The van der Waals surface area contributed by atoms with E-state index in [0.29, 0.717) is 0 Å². The monoisotopic (exact) mass is 501 g/mol. The first kappa shape index (κ1) is 18.0. The molecule has 0 amide bonds. The Labute approximate surface area is 121 Å². The van der Waals surface area contributed by atoms with Gasteiger partial charge in [0, 0.05) is 6.20 Å². The van der Waals surface area contributed by atoms with Gasteiger partial charge in [-0.2, -0.15) is 6.20 Å². The van der Waals surface area contributed by atoms with Crippen molar-refractivity contribution in [3.05, 3.63) is 23.0 Å². The number of nitrogens with zero attached hydrogens (tertiary/aromatic N) is 3. The van der Waals surface area contributed by atoms with Crippen LogP contribution in [0, 0.1) is 0 Å². The molecule has 2 heterocycles. The van der Waals surface area contributed by atoms with Gasteiger partial charge in [-0.3, -0.25) is 4.99 Å². The summed E-state index contributed by atoms with van der Waals surface area (Å²) in [5.74, 6) is 0. The van der Waals surface area contributed by atoms with Gasteiger partial charge in [-0.05, 0) is 19.3 Å². The van der Waals surface area contributed by atoms with Crippen molar-refractivity contribution in [3.63, 3.8) is 0 Å². The quantitative estimate of drug-likeness (QED) is 0.540. The van der Waals surface area contributed by atoms with Crippen LogP contribution in [-0.2, 0) is 11.9 Å². The molecule has 0 aromatic heterocycles. The number of rotatable bonds is 0. The van der Waals surface area contributed by atoms with Crippen LogP contribution in [0.25, 0.3) is 10.6 Å². The van der Waals surface area contributed by atoms with Gasteiger partial charge >= 0.3 is 49.6 Å². The van der Waals surface area contributed by atoms with Crippen LogP contribution in [0.2, 0.25) is 0 Å². The predicted octanol–water partition coefficient (Wildman–Crippen LogP) is 3.63. The summed E-state index contributed by atoms with van der Waals surface area (Å²) in [7, 11) is 20.0. The van der Waals surface area contributed by atoms with E-state index in [1.54, 1.807) is 18.6 Å². The molecule has 0 atom stereocenters. The molecule has 0 aromatic rings. The van der Waals surface area contributed by atoms with Gasteiger partial charge in [0.15, 0.2) is 0 Å². The van der Waals surface area contributed by atoms with Crippen LogP contribution in [0.4, 0.5) is 0 Å². The standard InChI is InChI=1S/C4H9N2.C4H5N2.4ClH.Pt/c2*1-2-6-4-3-5-1;;;;;/h5H,1-4H2;1-3H,4H2;4*1H;/q2*-1;;;;;+6/p-4. The average molecular weight is 503 g/mol. The molecule has 2 rings (SSSR count). The first-order valence-corrected chi connectivity index (χ1v) is 15.9. The number of hydrogen-bond acceptors (Lipinski definition) is 2. The third kappa shape index (κ3) is 22.6. The summed E-state index contributed by atoms with van der Waals surface area (Å²) in [5.41, 5.74) is 0. The van der Waals surface area contributed by atoms with Crippen molar-refractivity contribution in [2.45, 2.75) is 0 Å². The summed E-state index contributed by atoms with van der Waals surface area (Å²) in [6, 6.07) is 0. The van der Waals surface area contributed by atoms with E-state index < -0.39 is 11.9 Å². The van der Waals surface area contributed by atoms with Gasteiger partial charge in [0.1, 0.15) is 0 Å². The second kappa shape index (κ2) is 12.0. The summed E-state index contributed by atoms with van der Waals surface area (Å²) in [4.78, 5) is 3.78. The normalized spacial score (nSPS) is 19.1. The topological polar surface area (TPSA) is 52.6 Å². The predicted molar refractivity (Wildman–Crippen MR) is 75.2 cm³/mol. The number of hydrogen-bond donors (Lipinski definition) is 1. The molecule has 4 nitrogen and oxygen atoms in total. The number of aliphatic imine (C=N–C) groups is 1. The fourth-order valence-corrected chi connectivity index (χ4v) is 0.855. The Morgan fingerprint density at radius 1 is 1.12 bits per heavy atom. The van der Waals surface area contributed by atoms with Crippen LogP contribution in [0.15, 0.2) is 17.4 Å². The van der Waals surface area contributed by atoms with Crippen LogP contribution < -0.4 is 5.32 Å². The molecule has 1 saturated heterocycles. The van der Waals surface area contributed by atoms with Crippen LogP contribution in [0.3, 0.4) is 0 Å². The van der Waals surface area contributed by atoms with Gasteiger partial charge in [0.05, 0.1) is 0 Å². The minimum absolute atomic E-state index is 0.747. The number of piperazine rings is 1. The van der Waals surface area contributed by atoms with E-state index in [-0.39, 0.29) is 0 Å². The second-order valence-electron chi connectivity index (χ2n) is 2.69. The van der Waals surface area contributed by atoms with E-state index in [4.69, 9.17) is 37.7 Å². The molecule has 0 aromatic carbocycles. The van der Waals surface area contributed by atoms with E-state index in [1.807, 2.05) is 0 Å².